The smallest absolute Gasteiger partial charge is 0.224 e. The number of hydrogen-bond acceptors (Lipinski definition) is 5. The molecule has 6 nitrogen and oxygen atoms in total. The number of carbonyl (C=O) groups excluding carboxylic acids is 1. The van der Waals surface area contributed by atoms with Crippen LogP contribution in [0.15, 0.2) is 24.4 Å². The molecule has 0 radical (unpaired) electrons. The van der Waals surface area contributed by atoms with E-state index in [-0.39, 0.29) is 17.9 Å². The van der Waals surface area contributed by atoms with Crippen molar-refractivity contribution in [3.05, 3.63) is 41.3 Å². The molecule has 148 valence electrons. The highest BCUT2D eigenvalue weighted by Crippen LogP contribution is 2.33. The molecule has 1 aromatic carbocycles. The van der Waals surface area contributed by atoms with Gasteiger partial charge in [-0.25, -0.2) is 4.98 Å². The molecule has 0 aliphatic carbocycles. The number of ether oxygens (including phenoxy) is 1. The molecule has 3 heterocycles. The molecule has 0 saturated carbocycles. The zero-order valence-corrected chi connectivity index (χ0v) is 16.9. The van der Waals surface area contributed by atoms with Gasteiger partial charge < -0.3 is 15.0 Å². The molecule has 2 atom stereocenters. The number of rotatable bonds is 4. The van der Waals surface area contributed by atoms with E-state index in [1.807, 2.05) is 26.0 Å². The van der Waals surface area contributed by atoms with Crippen molar-refractivity contribution in [2.24, 2.45) is 5.92 Å². The molecule has 1 amide bonds. The number of likely N-dealkylation sites (tertiary alicyclic amines) is 1. The Balaban J connectivity index is 1.39. The molecule has 1 aromatic heterocycles. The molecule has 1 N–H and O–H groups in total. The van der Waals surface area contributed by atoms with Crippen molar-refractivity contribution in [3.63, 3.8) is 0 Å². The van der Waals surface area contributed by atoms with Gasteiger partial charge in [-0.3, -0.25) is 9.78 Å². The van der Waals surface area contributed by atoms with Crippen molar-refractivity contribution in [2.45, 2.75) is 39.2 Å². The van der Waals surface area contributed by atoms with E-state index >= 15 is 0 Å². The first-order valence-electron chi connectivity index (χ1n) is 10.1. The quantitative estimate of drug-likeness (QED) is 0.883. The zero-order valence-electron chi connectivity index (χ0n) is 16.9. The Hall–Kier alpha value is -2.47. The molecular weight excluding hydrogens is 352 g/mol. The van der Waals surface area contributed by atoms with Gasteiger partial charge in [0, 0.05) is 24.7 Å². The fraction of sp³-hybridized carbons (Fsp3) is 0.500. The Morgan fingerprint density at radius 2 is 2.21 bits per heavy atom. The Labute approximate surface area is 166 Å². The van der Waals surface area contributed by atoms with E-state index in [1.165, 1.54) is 0 Å². The average molecular weight is 380 g/mol. The Morgan fingerprint density at radius 1 is 1.36 bits per heavy atom. The molecule has 2 aromatic rings. The van der Waals surface area contributed by atoms with Gasteiger partial charge in [-0.2, -0.15) is 0 Å². The lowest BCUT2D eigenvalue weighted by Crippen LogP contribution is -2.44. The minimum Gasteiger partial charge on any atom is -0.488 e. The summed E-state index contributed by atoms with van der Waals surface area (Å²) in [7, 11) is 2.08. The first kappa shape index (κ1) is 18.9. The third-order valence-corrected chi connectivity index (χ3v) is 5.65. The fourth-order valence-electron chi connectivity index (χ4n) is 4.13. The lowest BCUT2D eigenvalue weighted by Gasteiger charge is -2.29. The van der Waals surface area contributed by atoms with Gasteiger partial charge in [-0.1, -0.05) is 0 Å². The summed E-state index contributed by atoms with van der Waals surface area (Å²) in [6.45, 7) is 6.41. The number of aryl methyl sites for hydroxylation is 2. The Morgan fingerprint density at radius 3 is 3.04 bits per heavy atom. The van der Waals surface area contributed by atoms with Crippen LogP contribution in [0.5, 0.6) is 5.75 Å². The molecule has 2 aliphatic rings. The van der Waals surface area contributed by atoms with Crippen LogP contribution in [0, 0.1) is 19.8 Å². The lowest BCUT2D eigenvalue weighted by atomic mass is 9.97. The van der Waals surface area contributed by atoms with Crippen molar-refractivity contribution in [1.29, 1.82) is 0 Å². The summed E-state index contributed by atoms with van der Waals surface area (Å²) >= 11 is 0. The summed E-state index contributed by atoms with van der Waals surface area (Å²) in [5.74, 6) is 1.15. The van der Waals surface area contributed by atoms with Crippen molar-refractivity contribution < 1.29 is 9.53 Å². The third-order valence-electron chi connectivity index (χ3n) is 5.65. The van der Waals surface area contributed by atoms with Crippen LogP contribution in [-0.2, 0) is 11.2 Å². The number of piperidine rings is 1. The van der Waals surface area contributed by atoms with Gasteiger partial charge in [0.05, 0.1) is 29.5 Å². The Kier molecular flexibility index (Phi) is 5.31. The van der Waals surface area contributed by atoms with E-state index in [4.69, 9.17) is 4.74 Å². The number of carbonyl (C=O) groups is 1. The first-order valence-corrected chi connectivity index (χ1v) is 10.1. The molecule has 28 heavy (non-hydrogen) atoms. The summed E-state index contributed by atoms with van der Waals surface area (Å²) in [4.78, 5) is 23.8. The normalized spacial score (nSPS) is 21.8. The zero-order chi connectivity index (χ0) is 19.7. The Bertz CT molecular complexity index is 883. The fourth-order valence-corrected chi connectivity index (χ4v) is 4.13. The third kappa shape index (κ3) is 4.02. The number of amides is 1. The van der Waals surface area contributed by atoms with Crippen molar-refractivity contribution in [2.75, 3.05) is 26.7 Å². The summed E-state index contributed by atoms with van der Waals surface area (Å²) < 4.78 is 6.05. The summed E-state index contributed by atoms with van der Waals surface area (Å²) in [6.07, 6.45) is 4.64. The summed E-state index contributed by atoms with van der Waals surface area (Å²) in [6, 6.07) is 6.18. The molecule has 1 fully saturated rings. The van der Waals surface area contributed by atoms with Gasteiger partial charge in [-0.15, -0.1) is 0 Å². The van der Waals surface area contributed by atoms with Crippen molar-refractivity contribution in [3.8, 4) is 17.0 Å². The van der Waals surface area contributed by atoms with E-state index in [2.05, 4.69) is 33.3 Å². The van der Waals surface area contributed by atoms with Gasteiger partial charge in [-0.05, 0) is 64.0 Å². The maximum Gasteiger partial charge on any atom is 0.224 e. The predicted molar refractivity (Wildman–Crippen MR) is 108 cm³/mol. The van der Waals surface area contributed by atoms with Gasteiger partial charge in [0.25, 0.3) is 0 Å². The average Bonchev–Trinajstić information content (AvgIpc) is 3.10. The lowest BCUT2D eigenvalue weighted by molar-refractivity contribution is -0.126. The number of fused-ring (bicyclic) bond motifs is 1. The van der Waals surface area contributed by atoms with Crippen LogP contribution in [0.4, 0.5) is 0 Å². The van der Waals surface area contributed by atoms with Crippen LogP contribution in [-0.4, -0.2) is 53.6 Å². The molecule has 0 spiro atoms. The molecule has 6 heteroatoms. The van der Waals surface area contributed by atoms with Gasteiger partial charge in [0.2, 0.25) is 5.91 Å². The maximum atomic E-state index is 12.5. The molecule has 2 aliphatic heterocycles. The van der Waals surface area contributed by atoms with Crippen LogP contribution < -0.4 is 10.1 Å². The van der Waals surface area contributed by atoms with Gasteiger partial charge in [0.15, 0.2) is 0 Å². The highest BCUT2D eigenvalue weighted by molar-refractivity contribution is 5.79. The van der Waals surface area contributed by atoms with Gasteiger partial charge >= 0.3 is 0 Å². The minimum absolute atomic E-state index is 0.0137. The van der Waals surface area contributed by atoms with Crippen LogP contribution in [0.2, 0.25) is 0 Å². The monoisotopic (exact) mass is 380 g/mol. The summed E-state index contributed by atoms with van der Waals surface area (Å²) in [5, 5.41) is 3.10. The first-order chi connectivity index (χ1) is 13.5. The molecule has 2 unspecified atom stereocenters. The number of hydrogen-bond donors (Lipinski definition) is 1. The number of nitrogens with one attached hydrogen (secondary N) is 1. The minimum atomic E-state index is -0.0137. The molecule has 1 saturated heterocycles. The van der Waals surface area contributed by atoms with E-state index in [0.717, 1.165) is 66.3 Å². The largest absolute Gasteiger partial charge is 0.488 e. The number of benzene rings is 1. The van der Waals surface area contributed by atoms with Crippen LogP contribution in [0.25, 0.3) is 11.3 Å². The highest BCUT2D eigenvalue weighted by Gasteiger charge is 2.27. The highest BCUT2D eigenvalue weighted by atomic mass is 16.5. The van der Waals surface area contributed by atoms with E-state index in [9.17, 15) is 4.79 Å². The topological polar surface area (TPSA) is 67.4 Å². The van der Waals surface area contributed by atoms with E-state index < -0.39 is 0 Å². The second kappa shape index (κ2) is 7.87. The van der Waals surface area contributed by atoms with E-state index in [1.54, 1.807) is 6.20 Å². The summed E-state index contributed by atoms with van der Waals surface area (Å²) in [5.41, 5.74) is 4.97. The van der Waals surface area contributed by atoms with Crippen molar-refractivity contribution in [1.82, 2.24) is 20.2 Å². The van der Waals surface area contributed by atoms with E-state index in [0.29, 0.717) is 6.54 Å². The number of nitrogens with zero attached hydrogens (tertiary/aromatic N) is 3. The number of aromatic nitrogens is 2. The van der Waals surface area contributed by atoms with Crippen LogP contribution >= 0.6 is 0 Å². The second-order valence-corrected chi connectivity index (χ2v) is 8.06. The van der Waals surface area contributed by atoms with Crippen LogP contribution in [0.3, 0.4) is 0 Å². The second-order valence-electron chi connectivity index (χ2n) is 8.06. The standard InChI is InChI=1S/C22H28N4O2/c1-14-11-23-15(2)21(25-14)16-6-7-20-18(9-16)10-19(28-20)12-24-22(27)17-5-4-8-26(3)13-17/h6-7,9,11,17,19H,4-5,8,10,12-13H2,1-3H3,(H,24,27). The predicted octanol–water partition coefficient (Wildman–Crippen LogP) is 2.52. The molecule has 0 bridgehead atoms. The van der Waals surface area contributed by atoms with Gasteiger partial charge in [0.1, 0.15) is 11.9 Å². The molecule has 4 rings (SSSR count). The maximum absolute atomic E-state index is 12.5. The van der Waals surface area contributed by atoms with Crippen molar-refractivity contribution >= 4 is 5.91 Å². The SMILES string of the molecule is Cc1cnc(C)c(-c2ccc3c(c2)CC(CNC(=O)C2CCCN(C)C2)O3)n1. The van der Waals surface area contributed by atoms with Crippen LogP contribution in [0.1, 0.15) is 29.8 Å². The molecular formula is C22H28N4O2.